The Morgan fingerprint density at radius 2 is 2.05 bits per heavy atom. The summed E-state index contributed by atoms with van der Waals surface area (Å²) in [6.45, 7) is 4.72. The van der Waals surface area contributed by atoms with Crippen LogP contribution < -0.4 is 11.1 Å². The molecule has 0 aromatic heterocycles. The van der Waals surface area contributed by atoms with Crippen molar-refractivity contribution in [1.29, 1.82) is 0 Å². The number of alkyl halides is 3. The van der Waals surface area contributed by atoms with Crippen molar-refractivity contribution in [2.24, 2.45) is 5.92 Å². The average Bonchev–Trinajstić information content (AvgIpc) is 2.35. The fourth-order valence-electron chi connectivity index (χ4n) is 1.59. The largest absolute Gasteiger partial charge is 0.418 e. The van der Waals surface area contributed by atoms with Gasteiger partial charge in [-0.15, -0.1) is 0 Å². The average molecular weight is 304 g/mol. The summed E-state index contributed by atoms with van der Waals surface area (Å²) in [5, 5.41) is 2.40. The molecular weight excluding hydrogens is 285 g/mol. The van der Waals surface area contributed by atoms with Crippen LogP contribution in [0.2, 0.25) is 0 Å². The minimum absolute atomic E-state index is 0.0605. The molecule has 118 valence electrons. The smallest absolute Gasteiger partial charge is 0.398 e. The van der Waals surface area contributed by atoms with Crippen LogP contribution in [0, 0.1) is 5.92 Å². The van der Waals surface area contributed by atoms with Crippen LogP contribution in [-0.4, -0.2) is 19.1 Å². The van der Waals surface area contributed by atoms with E-state index in [9.17, 15) is 18.0 Å². The molecule has 0 fully saturated rings. The lowest BCUT2D eigenvalue weighted by Crippen LogP contribution is -2.16. The zero-order valence-corrected chi connectivity index (χ0v) is 12.0. The molecule has 1 aromatic rings. The first-order valence-corrected chi connectivity index (χ1v) is 6.54. The molecule has 1 aromatic carbocycles. The molecule has 0 bridgehead atoms. The molecule has 0 saturated heterocycles. The Kier molecular flexibility index (Phi) is 6.02. The van der Waals surface area contributed by atoms with Gasteiger partial charge in [0.1, 0.15) is 0 Å². The van der Waals surface area contributed by atoms with Crippen LogP contribution in [-0.2, 0) is 15.7 Å². The van der Waals surface area contributed by atoms with Crippen molar-refractivity contribution < 1.29 is 22.7 Å². The molecule has 0 radical (unpaired) electrons. The highest BCUT2D eigenvalue weighted by Crippen LogP contribution is 2.35. The summed E-state index contributed by atoms with van der Waals surface area (Å²) in [6, 6.07) is 3.27. The number of halogens is 3. The van der Waals surface area contributed by atoms with Crippen molar-refractivity contribution in [3.8, 4) is 0 Å². The maximum Gasteiger partial charge on any atom is 0.418 e. The summed E-state index contributed by atoms with van der Waals surface area (Å²) in [6.07, 6.45) is -4.47. The van der Waals surface area contributed by atoms with Gasteiger partial charge in [0.05, 0.1) is 18.6 Å². The second-order valence-corrected chi connectivity index (χ2v) is 5.07. The SMILES string of the molecule is CC(C)COCCC(=O)Nc1ccc(N)c(C(F)(F)F)c1. The number of anilines is 2. The molecule has 21 heavy (non-hydrogen) atoms. The zero-order valence-electron chi connectivity index (χ0n) is 12.0. The van der Waals surface area contributed by atoms with Gasteiger partial charge in [-0.1, -0.05) is 13.8 Å². The van der Waals surface area contributed by atoms with Gasteiger partial charge in [0, 0.05) is 18.0 Å². The van der Waals surface area contributed by atoms with Gasteiger partial charge in [-0.3, -0.25) is 4.79 Å². The zero-order chi connectivity index (χ0) is 16.0. The van der Waals surface area contributed by atoms with Crippen molar-refractivity contribution in [2.75, 3.05) is 24.3 Å². The lowest BCUT2D eigenvalue weighted by molar-refractivity contribution is -0.137. The van der Waals surface area contributed by atoms with Gasteiger partial charge < -0.3 is 15.8 Å². The summed E-state index contributed by atoms with van der Waals surface area (Å²) >= 11 is 0. The Labute approximate surface area is 121 Å². The van der Waals surface area contributed by atoms with Gasteiger partial charge in [0.15, 0.2) is 0 Å². The summed E-state index contributed by atoms with van der Waals surface area (Å²) in [4.78, 5) is 11.6. The molecule has 0 saturated carbocycles. The molecule has 3 N–H and O–H groups in total. The summed E-state index contributed by atoms with van der Waals surface area (Å²) in [7, 11) is 0. The Bertz CT molecular complexity index is 488. The number of hydrogen-bond donors (Lipinski definition) is 2. The Hall–Kier alpha value is -1.76. The number of ether oxygens (including phenoxy) is 1. The highest BCUT2D eigenvalue weighted by molar-refractivity contribution is 5.91. The van der Waals surface area contributed by atoms with Gasteiger partial charge >= 0.3 is 6.18 Å². The van der Waals surface area contributed by atoms with Crippen molar-refractivity contribution in [3.05, 3.63) is 23.8 Å². The molecule has 7 heteroatoms. The van der Waals surface area contributed by atoms with E-state index in [4.69, 9.17) is 10.5 Å². The quantitative estimate of drug-likeness (QED) is 0.626. The predicted octanol–water partition coefficient (Wildman–Crippen LogP) is 3.29. The number of nitrogens with two attached hydrogens (primary N) is 1. The molecule has 0 spiro atoms. The molecule has 1 rings (SSSR count). The molecule has 0 atom stereocenters. The van der Waals surface area contributed by atoms with Gasteiger partial charge in [-0.2, -0.15) is 13.2 Å². The van der Waals surface area contributed by atoms with E-state index in [1.165, 1.54) is 6.07 Å². The number of carbonyl (C=O) groups excluding carboxylic acids is 1. The summed E-state index contributed by atoms with van der Waals surface area (Å²) < 4.78 is 43.3. The van der Waals surface area contributed by atoms with Crippen molar-refractivity contribution in [3.63, 3.8) is 0 Å². The minimum Gasteiger partial charge on any atom is -0.398 e. The van der Waals surface area contributed by atoms with Gasteiger partial charge in [-0.25, -0.2) is 0 Å². The maximum absolute atomic E-state index is 12.7. The second kappa shape index (κ2) is 7.31. The summed E-state index contributed by atoms with van der Waals surface area (Å²) in [5.74, 6) is -0.0452. The van der Waals surface area contributed by atoms with E-state index in [1.54, 1.807) is 0 Å². The number of rotatable bonds is 6. The normalized spacial score (nSPS) is 11.7. The first-order valence-electron chi connectivity index (χ1n) is 6.54. The molecule has 0 aliphatic carbocycles. The third kappa shape index (κ3) is 6.03. The van der Waals surface area contributed by atoms with Gasteiger partial charge in [0.2, 0.25) is 5.91 Å². The third-order valence-corrected chi connectivity index (χ3v) is 2.57. The molecular formula is C14H19F3N2O2. The van der Waals surface area contributed by atoms with E-state index < -0.39 is 17.6 Å². The summed E-state index contributed by atoms with van der Waals surface area (Å²) in [5.41, 5.74) is 4.00. The predicted molar refractivity (Wildman–Crippen MR) is 74.8 cm³/mol. The van der Waals surface area contributed by atoms with Gasteiger partial charge in [-0.05, 0) is 24.1 Å². The lowest BCUT2D eigenvalue weighted by atomic mass is 10.1. The fraction of sp³-hybridized carbons (Fsp3) is 0.500. The van der Waals surface area contributed by atoms with E-state index in [0.717, 1.165) is 12.1 Å². The van der Waals surface area contributed by atoms with E-state index in [0.29, 0.717) is 12.5 Å². The van der Waals surface area contributed by atoms with Crippen LogP contribution in [0.1, 0.15) is 25.8 Å². The van der Waals surface area contributed by atoms with E-state index in [-0.39, 0.29) is 24.4 Å². The van der Waals surface area contributed by atoms with Crippen LogP contribution in [0.25, 0.3) is 0 Å². The Morgan fingerprint density at radius 3 is 2.62 bits per heavy atom. The molecule has 0 aliphatic heterocycles. The van der Waals surface area contributed by atoms with E-state index >= 15 is 0 Å². The first kappa shape index (κ1) is 17.3. The van der Waals surface area contributed by atoms with Crippen LogP contribution in [0.4, 0.5) is 24.5 Å². The standard InChI is InChI=1S/C14H19F3N2O2/c1-9(2)8-21-6-5-13(20)19-10-3-4-12(18)11(7-10)14(15,16)17/h3-4,7,9H,5-6,8,18H2,1-2H3,(H,19,20). The number of hydrogen-bond acceptors (Lipinski definition) is 3. The van der Waals surface area contributed by atoms with E-state index in [1.807, 2.05) is 13.8 Å². The maximum atomic E-state index is 12.7. The number of nitrogen functional groups attached to an aromatic ring is 1. The molecule has 0 heterocycles. The highest BCUT2D eigenvalue weighted by atomic mass is 19.4. The van der Waals surface area contributed by atoms with Crippen LogP contribution in [0.15, 0.2) is 18.2 Å². The number of nitrogens with one attached hydrogen (secondary N) is 1. The second-order valence-electron chi connectivity index (χ2n) is 5.07. The fourth-order valence-corrected chi connectivity index (χ4v) is 1.59. The monoisotopic (exact) mass is 304 g/mol. The highest BCUT2D eigenvalue weighted by Gasteiger charge is 2.33. The Balaban J connectivity index is 2.57. The van der Waals surface area contributed by atoms with Crippen LogP contribution in [0.5, 0.6) is 0 Å². The number of carbonyl (C=O) groups is 1. The van der Waals surface area contributed by atoms with Crippen LogP contribution >= 0.6 is 0 Å². The molecule has 0 aliphatic rings. The van der Waals surface area contributed by atoms with Crippen LogP contribution in [0.3, 0.4) is 0 Å². The van der Waals surface area contributed by atoms with Crippen molar-refractivity contribution in [1.82, 2.24) is 0 Å². The number of amides is 1. The van der Waals surface area contributed by atoms with E-state index in [2.05, 4.69) is 5.32 Å². The molecule has 4 nitrogen and oxygen atoms in total. The van der Waals surface area contributed by atoms with Gasteiger partial charge in [0.25, 0.3) is 0 Å². The third-order valence-electron chi connectivity index (χ3n) is 2.57. The Morgan fingerprint density at radius 1 is 1.38 bits per heavy atom. The topological polar surface area (TPSA) is 64.3 Å². The lowest BCUT2D eigenvalue weighted by Gasteiger charge is -2.12. The molecule has 1 amide bonds. The minimum atomic E-state index is -4.55. The number of benzene rings is 1. The van der Waals surface area contributed by atoms with Crippen molar-refractivity contribution in [2.45, 2.75) is 26.4 Å². The molecule has 0 unspecified atom stereocenters. The first-order chi connectivity index (χ1) is 9.70. The van der Waals surface area contributed by atoms with Crippen molar-refractivity contribution >= 4 is 17.3 Å².